The minimum atomic E-state index is -0.220. The van der Waals surface area contributed by atoms with Crippen molar-refractivity contribution in [3.63, 3.8) is 0 Å². The number of carbonyl (C=O) groups is 2. The van der Waals surface area contributed by atoms with Crippen LogP contribution in [0, 0.1) is 0 Å². The SMILES string of the molecule is C=CCNC(=O)c1cnc(N2CCN(C(C)=O)CC2)nc1. The number of piperazine rings is 1. The van der Waals surface area contributed by atoms with Gasteiger partial charge in [0.2, 0.25) is 11.9 Å². The van der Waals surface area contributed by atoms with Crippen LogP contribution in [0.4, 0.5) is 5.95 Å². The highest BCUT2D eigenvalue weighted by atomic mass is 16.2. The van der Waals surface area contributed by atoms with Crippen LogP contribution in [0.2, 0.25) is 0 Å². The summed E-state index contributed by atoms with van der Waals surface area (Å²) in [5, 5.41) is 2.67. The first-order valence-corrected chi connectivity index (χ1v) is 6.83. The maximum absolute atomic E-state index is 11.7. The third-order valence-corrected chi connectivity index (χ3v) is 3.32. The minimum absolute atomic E-state index is 0.0878. The van der Waals surface area contributed by atoms with Crippen molar-refractivity contribution in [2.75, 3.05) is 37.6 Å². The molecule has 0 bridgehead atoms. The third-order valence-electron chi connectivity index (χ3n) is 3.32. The molecule has 1 fully saturated rings. The van der Waals surface area contributed by atoms with Gasteiger partial charge in [0.05, 0.1) is 5.56 Å². The van der Waals surface area contributed by atoms with Crippen LogP contribution in [0.1, 0.15) is 17.3 Å². The van der Waals surface area contributed by atoms with Gasteiger partial charge in [0.1, 0.15) is 0 Å². The Morgan fingerprint density at radius 1 is 1.29 bits per heavy atom. The molecule has 2 rings (SSSR count). The summed E-state index contributed by atoms with van der Waals surface area (Å²) in [5.41, 5.74) is 0.419. The summed E-state index contributed by atoms with van der Waals surface area (Å²) in [4.78, 5) is 35.2. The number of nitrogens with one attached hydrogen (secondary N) is 1. The molecule has 7 heteroatoms. The summed E-state index contributed by atoms with van der Waals surface area (Å²) in [5.74, 6) is 0.450. The Hall–Kier alpha value is -2.44. The Morgan fingerprint density at radius 2 is 1.90 bits per heavy atom. The molecule has 0 saturated carbocycles. The van der Waals surface area contributed by atoms with Gasteiger partial charge in [0.15, 0.2) is 0 Å². The molecule has 0 aliphatic carbocycles. The lowest BCUT2D eigenvalue weighted by Crippen LogP contribution is -2.48. The van der Waals surface area contributed by atoms with Gasteiger partial charge in [-0.1, -0.05) is 6.08 Å². The van der Waals surface area contributed by atoms with E-state index in [0.29, 0.717) is 44.2 Å². The zero-order valence-corrected chi connectivity index (χ0v) is 12.1. The first kappa shape index (κ1) is 15.0. The zero-order chi connectivity index (χ0) is 15.2. The fourth-order valence-corrected chi connectivity index (χ4v) is 2.09. The average molecular weight is 289 g/mol. The number of carbonyl (C=O) groups excluding carboxylic acids is 2. The first-order chi connectivity index (χ1) is 10.1. The molecule has 0 radical (unpaired) electrons. The molecule has 0 spiro atoms. The number of hydrogen-bond donors (Lipinski definition) is 1. The lowest BCUT2D eigenvalue weighted by molar-refractivity contribution is -0.129. The molecular weight excluding hydrogens is 270 g/mol. The van der Waals surface area contributed by atoms with Crippen LogP contribution in [0.15, 0.2) is 25.0 Å². The van der Waals surface area contributed by atoms with E-state index in [1.807, 2.05) is 4.90 Å². The van der Waals surface area contributed by atoms with E-state index in [0.717, 1.165) is 0 Å². The molecule has 1 aliphatic rings. The Bertz CT molecular complexity index is 521. The van der Waals surface area contributed by atoms with E-state index in [1.165, 1.54) is 12.4 Å². The highest BCUT2D eigenvalue weighted by Gasteiger charge is 2.20. The van der Waals surface area contributed by atoms with E-state index >= 15 is 0 Å². The molecule has 1 aromatic heterocycles. The topological polar surface area (TPSA) is 78.4 Å². The molecule has 1 aromatic rings. The summed E-state index contributed by atoms with van der Waals surface area (Å²) in [6, 6.07) is 0. The molecule has 7 nitrogen and oxygen atoms in total. The quantitative estimate of drug-likeness (QED) is 0.793. The third kappa shape index (κ3) is 3.77. The smallest absolute Gasteiger partial charge is 0.254 e. The van der Waals surface area contributed by atoms with Gasteiger partial charge in [-0.3, -0.25) is 9.59 Å². The van der Waals surface area contributed by atoms with E-state index in [-0.39, 0.29) is 11.8 Å². The van der Waals surface area contributed by atoms with Crippen molar-refractivity contribution in [2.24, 2.45) is 0 Å². The first-order valence-electron chi connectivity index (χ1n) is 6.83. The molecule has 0 atom stereocenters. The van der Waals surface area contributed by atoms with E-state index in [1.54, 1.807) is 17.9 Å². The standard InChI is InChI=1S/C14H19N5O2/c1-3-4-15-13(21)12-9-16-14(17-10-12)19-7-5-18(6-8-19)11(2)20/h3,9-10H,1,4-8H2,2H3,(H,15,21). The number of amides is 2. The van der Waals surface area contributed by atoms with Crippen molar-refractivity contribution < 1.29 is 9.59 Å². The van der Waals surface area contributed by atoms with Crippen molar-refractivity contribution in [3.05, 3.63) is 30.6 Å². The zero-order valence-electron chi connectivity index (χ0n) is 12.1. The Morgan fingerprint density at radius 3 is 2.43 bits per heavy atom. The Labute approximate surface area is 123 Å². The van der Waals surface area contributed by atoms with Crippen LogP contribution < -0.4 is 10.2 Å². The van der Waals surface area contributed by atoms with Crippen LogP contribution in [0.3, 0.4) is 0 Å². The van der Waals surface area contributed by atoms with Crippen molar-refractivity contribution in [3.8, 4) is 0 Å². The van der Waals surface area contributed by atoms with E-state index in [2.05, 4.69) is 21.9 Å². The molecule has 2 heterocycles. The normalized spacial score (nSPS) is 14.7. The lowest BCUT2D eigenvalue weighted by atomic mass is 10.3. The van der Waals surface area contributed by atoms with Crippen LogP contribution in [0.5, 0.6) is 0 Å². The van der Waals surface area contributed by atoms with Crippen molar-refractivity contribution in [1.82, 2.24) is 20.2 Å². The summed E-state index contributed by atoms with van der Waals surface area (Å²) in [6.07, 6.45) is 4.64. The van der Waals surface area contributed by atoms with Gasteiger partial charge in [0.25, 0.3) is 5.91 Å². The monoisotopic (exact) mass is 289 g/mol. The molecule has 21 heavy (non-hydrogen) atoms. The van der Waals surface area contributed by atoms with Gasteiger partial charge in [-0.15, -0.1) is 6.58 Å². The molecule has 0 aromatic carbocycles. The second-order valence-corrected chi connectivity index (χ2v) is 4.76. The van der Waals surface area contributed by atoms with Gasteiger partial charge in [-0.25, -0.2) is 9.97 Å². The number of anilines is 1. The van der Waals surface area contributed by atoms with Crippen LogP contribution in [-0.4, -0.2) is 59.4 Å². The van der Waals surface area contributed by atoms with Gasteiger partial charge in [-0.05, 0) is 0 Å². The highest BCUT2D eigenvalue weighted by Crippen LogP contribution is 2.11. The number of nitrogens with zero attached hydrogens (tertiary/aromatic N) is 4. The van der Waals surface area contributed by atoms with Crippen LogP contribution >= 0.6 is 0 Å². The van der Waals surface area contributed by atoms with E-state index < -0.39 is 0 Å². The number of rotatable bonds is 4. The Kier molecular flexibility index (Phi) is 4.86. The second-order valence-electron chi connectivity index (χ2n) is 4.76. The fraction of sp³-hybridized carbons (Fsp3) is 0.429. The van der Waals surface area contributed by atoms with Gasteiger partial charge >= 0.3 is 0 Å². The summed E-state index contributed by atoms with van der Waals surface area (Å²) in [6.45, 7) is 8.25. The van der Waals surface area contributed by atoms with Gasteiger partial charge in [0, 0.05) is 52.0 Å². The maximum atomic E-state index is 11.7. The molecule has 1 N–H and O–H groups in total. The van der Waals surface area contributed by atoms with Crippen LogP contribution in [-0.2, 0) is 4.79 Å². The molecule has 2 amide bonds. The van der Waals surface area contributed by atoms with Crippen molar-refractivity contribution in [2.45, 2.75) is 6.92 Å². The number of aromatic nitrogens is 2. The highest BCUT2D eigenvalue weighted by molar-refractivity contribution is 5.93. The fourth-order valence-electron chi connectivity index (χ4n) is 2.09. The molecule has 1 aliphatic heterocycles. The predicted octanol–water partition coefficient (Wildman–Crippen LogP) is 0.0609. The van der Waals surface area contributed by atoms with Crippen molar-refractivity contribution in [1.29, 1.82) is 0 Å². The molecule has 1 saturated heterocycles. The predicted molar refractivity (Wildman–Crippen MR) is 79.0 cm³/mol. The molecule has 0 unspecified atom stereocenters. The lowest BCUT2D eigenvalue weighted by Gasteiger charge is -2.34. The summed E-state index contributed by atoms with van der Waals surface area (Å²) in [7, 11) is 0. The maximum Gasteiger partial charge on any atom is 0.254 e. The second kappa shape index (κ2) is 6.83. The average Bonchev–Trinajstić information content (AvgIpc) is 2.53. The largest absolute Gasteiger partial charge is 0.348 e. The van der Waals surface area contributed by atoms with E-state index in [4.69, 9.17) is 0 Å². The van der Waals surface area contributed by atoms with Gasteiger partial charge < -0.3 is 15.1 Å². The summed E-state index contributed by atoms with van der Waals surface area (Å²) >= 11 is 0. The van der Waals surface area contributed by atoms with Gasteiger partial charge in [-0.2, -0.15) is 0 Å². The minimum Gasteiger partial charge on any atom is -0.348 e. The molecular formula is C14H19N5O2. The summed E-state index contributed by atoms with van der Waals surface area (Å²) < 4.78 is 0. The van der Waals surface area contributed by atoms with Crippen LogP contribution in [0.25, 0.3) is 0 Å². The number of hydrogen-bond acceptors (Lipinski definition) is 5. The van der Waals surface area contributed by atoms with Crippen molar-refractivity contribution >= 4 is 17.8 Å². The molecule has 112 valence electrons. The Balaban J connectivity index is 1.95. The van der Waals surface area contributed by atoms with E-state index in [9.17, 15) is 9.59 Å².